The van der Waals surface area contributed by atoms with Gasteiger partial charge in [-0.1, -0.05) is 20.3 Å². The zero-order chi connectivity index (χ0) is 14.0. The summed E-state index contributed by atoms with van der Waals surface area (Å²) in [5.41, 5.74) is 2.07. The average Bonchev–Trinajstić information content (AvgIpc) is 2.98. The quantitative estimate of drug-likeness (QED) is 0.827. The molecule has 106 valence electrons. The fourth-order valence-electron chi connectivity index (χ4n) is 3.06. The maximum Gasteiger partial charge on any atom is 0.141 e. The van der Waals surface area contributed by atoms with Crippen LogP contribution in [0.3, 0.4) is 0 Å². The van der Waals surface area contributed by atoms with Gasteiger partial charge in [-0.2, -0.15) is 5.10 Å². The predicted molar refractivity (Wildman–Crippen MR) is 80.1 cm³/mol. The van der Waals surface area contributed by atoms with Gasteiger partial charge in [0.05, 0.1) is 15.9 Å². The van der Waals surface area contributed by atoms with E-state index in [0.29, 0.717) is 12.2 Å². The van der Waals surface area contributed by atoms with Crippen molar-refractivity contribution in [3.8, 4) is 0 Å². The van der Waals surface area contributed by atoms with Crippen LogP contribution in [0.15, 0.2) is 4.47 Å². The van der Waals surface area contributed by atoms with Crippen molar-refractivity contribution in [2.75, 3.05) is 0 Å². The first-order valence-electron chi connectivity index (χ1n) is 7.29. The summed E-state index contributed by atoms with van der Waals surface area (Å²) < 4.78 is 2.88. The van der Waals surface area contributed by atoms with Crippen molar-refractivity contribution >= 4 is 21.7 Å². The number of rotatable bonds is 5. The zero-order valence-corrected chi connectivity index (χ0v) is 13.7. The molecule has 4 heteroatoms. The second kappa shape index (κ2) is 6.21. The highest BCUT2D eigenvalue weighted by molar-refractivity contribution is 9.10. The van der Waals surface area contributed by atoms with Crippen LogP contribution in [0.5, 0.6) is 0 Å². The van der Waals surface area contributed by atoms with Crippen LogP contribution in [0.25, 0.3) is 0 Å². The molecule has 0 radical (unpaired) electrons. The predicted octanol–water partition coefficient (Wildman–Crippen LogP) is 3.68. The van der Waals surface area contributed by atoms with Gasteiger partial charge in [0.25, 0.3) is 0 Å². The van der Waals surface area contributed by atoms with Gasteiger partial charge in [0.15, 0.2) is 0 Å². The molecule has 2 atom stereocenters. The Labute approximate surface area is 123 Å². The molecule has 1 aliphatic rings. The molecule has 3 nitrogen and oxygen atoms in total. The molecule has 1 aromatic heterocycles. The third-order valence-electron chi connectivity index (χ3n) is 4.42. The first-order valence-corrected chi connectivity index (χ1v) is 8.09. The van der Waals surface area contributed by atoms with Crippen molar-refractivity contribution in [1.29, 1.82) is 0 Å². The second-order valence-electron chi connectivity index (χ2n) is 5.61. The highest BCUT2D eigenvalue weighted by Gasteiger charge is 2.29. The molecule has 0 aromatic carbocycles. The normalized spacial score (nSPS) is 22.9. The van der Waals surface area contributed by atoms with Crippen LogP contribution in [0.4, 0.5) is 0 Å². The molecule has 1 fully saturated rings. The highest BCUT2D eigenvalue weighted by Crippen LogP contribution is 2.34. The molecule has 0 amide bonds. The summed E-state index contributed by atoms with van der Waals surface area (Å²) in [5.74, 6) is 1.43. The summed E-state index contributed by atoms with van der Waals surface area (Å²) in [6.45, 7) is 4.31. The van der Waals surface area contributed by atoms with Crippen LogP contribution in [0.2, 0.25) is 0 Å². The van der Waals surface area contributed by atoms with Gasteiger partial charge in [-0.15, -0.1) is 0 Å². The summed E-state index contributed by atoms with van der Waals surface area (Å²) in [6, 6.07) is 0. The molecule has 0 saturated heterocycles. The summed E-state index contributed by atoms with van der Waals surface area (Å²) in [7, 11) is 1.93. The molecule has 2 unspecified atom stereocenters. The Morgan fingerprint density at radius 2 is 2.16 bits per heavy atom. The molecule has 2 rings (SSSR count). The van der Waals surface area contributed by atoms with Crippen LogP contribution in [-0.4, -0.2) is 15.6 Å². The van der Waals surface area contributed by atoms with Crippen molar-refractivity contribution in [3.63, 3.8) is 0 Å². The highest BCUT2D eigenvalue weighted by atomic mass is 79.9. The number of aromatic nitrogens is 2. The lowest BCUT2D eigenvalue weighted by atomic mass is 9.96. The van der Waals surface area contributed by atoms with Crippen LogP contribution >= 0.6 is 15.9 Å². The molecular formula is C15H23BrN2O. The molecule has 0 aliphatic heterocycles. The number of halogens is 1. The van der Waals surface area contributed by atoms with E-state index in [0.717, 1.165) is 41.0 Å². The first kappa shape index (κ1) is 14.8. The number of ketones is 1. The van der Waals surface area contributed by atoms with Gasteiger partial charge in [0.2, 0.25) is 0 Å². The smallest absolute Gasteiger partial charge is 0.141 e. The Morgan fingerprint density at radius 3 is 2.68 bits per heavy atom. The van der Waals surface area contributed by atoms with Crippen LogP contribution < -0.4 is 0 Å². The Hall–Kier alpha value is -0.640. The fourth-order valence-corrected chi connectivity index (χ4v) is 3.82. The van der Waals surface area contributed by atoms with Gasteiger partial charge in [-0.3, -0.25) is 9.48 Å². The van der Waals surface area contributed by atoms with Gasteiger partial charge in [-0.25, -0.2) is 0 Å². The summed E-state index contributed by atoms with van der Waals surface area (Å²) >= 11 is 3.59. The molecular weight excluding hydrogens is 304 g/mol. The van der Waals surface area contributed by atoms with Gasteiger partial charge < -0.3 is 0 Å². The number of hydrogen-bond donors (Lipinski definition) is 0. The lowest BCUT2D eigenvalue weighted by molar-refractivity contribution is -0.122. The van der Waals surface area contributed by atoms with Crippen LogP contribution in [-0.2, 0) is 24.7 Å². The minimum atomic E-state index is 0.275. The number of aryl methyl sites for hydroxylation is 2. The monoisotopic (exact) mass is 326 g/mol. The fraction of sp³-hybridized carbons (Fsp3) is 0.733. The van der Waals surface area contributed by atoms with E-state index in [4.69, 9.17) is 0 Å². The standard InChI is InChI=1S/C15H23BrN2O/c1-4-10-6-7-11(8-10)14(19)9-13-15(16)12(5-2)17-18(13)3/h10-11H,4-9H2,1-3H3. The summed E-state index contributed by atoms with van der Waals surface area (Å²) in [6.07, 6.45) is 6.01. The van der Waals surface area contributed by atoms with Crippen LogP contribution in [0.1, 0.15) is 50.9 Å². The minimum Gasteiger partial charge on any atom is -0.299 e. The summed E-state index contributed by atoms with van der Waals surface area (Å²) in [4.78, 5) is 12.4. The van der Waals surface area contributed by atoms with E-state index < -0.39 is 0 Å². The zero-order valence-electron chi connectivity index (χ0n) is 12.1. The molecule has 1 aromatic rings. The molecule has 0 spiro atoms. The molecule has 0 N–H and O–H groups in total. The van der Waals surface area contributed by atoms with Crippen molar-refractivity contribution in [2.45, 2.75) is 52.4 Å². The van der Waals surface area contributed by atoms with E-state index in [2.05, 4.69) is 34.9 Å². The molecule has 1 heterocycles. The van der Waals surface area contributed by atoms with E-state index in [1.54, 1.807) is 0 Å². The molecule has 19 heavy (non-hydrogen) atoms. The van der Waals surface area contributed by atoms with E-state index in [1.807, 2.05) is 11.7 Å². The number of carbonyl (C=O) groups excluding carboxylic acids is 1. The first-order chi connectivity index (χ1) is 9.06. The maximum absolute atomic E-state index is 12.4. The van der Waals surface area contributed by atoms with E-state index in [1.165, 1.54) is 12.8 Å². The van der Waals surface area contributed by atoms with Gasteiger partial charge in [0.1, 0.15) is 5.78 Å². The molecule has 1 aliphatic carbocycles. The van der Waals surface area contributed by atoms with Crippen molar-refractivity contribution in [3.05, 3.63) is 15.9 Å². The van der Waals surface area contributed by atoms with Crippen molar-refractivity contribution in [1.82, 2.24) is 9.78 Å². The lowest BCUT2D eigenvalue weighted by Crippen LogP contribution is -2.16. The number of carbonyl (C=O) groups is 1. The maximum atomic E-state index is 12.4. The van der Waals surface area contributed by atoms with Crippen molar-refractivity contribution in [2.24, 2.45) is 18.9 Å². The van der Waals surface area contributed by atoms with Gasteiger partial charge >= 0.3 is 0 Å². The Kier molecular flexibility index (Phi) is 4.82. The Balaban J connectivity index is 2.05. The third-order valence-corrected chi connectivity index (χ3v) is 5.33. The van der Waals surface area contributed by atoms with Crippen LogP contribution in [0, 0.1) is 11.8 Å². The summed E-state index contributed by atoms with van der Waals surface area (Å²) in [5, 5.41) is 4.46. The second-order valence-corrected chi connectivity index (χ2v) is 6.40. The number of hydrogen-bond acceptors (Lipinski definition) is 2. The average molecular weight is 327 g/mol. The van der Waals surface area contributed by atoms with E-state index >= 15 is 0 Å². The van der Waals surface area contributed by atoms with E-state index in [9.17, 15) is 4.79 Å². The SMILES string of the molecule is CCc1nn(C)c(CC(=O)C2CCC(CC)C2)c1Br. The van der Waals surface area contributed by atoms with Gasteiger partial charge in [0, 0.05) is 19.4 Å². The van der Waals surface area contributed by atoms with Crippen molar-refractivity contribution < 1.29 is 4.79 Å². The minimum absolute atomic E-state index is 0.275. The largest absolute Gasteiger partial charge is 0.299 e. The van der Waals surface area contributed by atoms with Gasteiger partial charge in [-0.05, 0) is 47.5 Å². The molecule has 1 saturated carbocycles. The molecule has 0 bridgehead atoms. The topological polar surface area (TPSA) is 34.9 Å². The lowest BCUT2D eigenvalue weighted by Gasteiger charge is -2.09. The Morgan fingerprint density at radius 1 is 1.42 bits per heavy atom. The van der Waals surface area contributed by atoms with E-state index in [-0.39, 0.29) is 5.92 Å². The number of nitrogens with zero attached hydrogens (tertiary/aromatic N) is 2. The third kappa shape index (κ3) is 3.10. The Bertz CT molecular complexity index is 467. The number of Topliss-reactive ketones (excluding diaryl/α,β-unsaturated/α-hetero) is 1.